The molecule has 2 heterocycles. The molecule has 0 aliphatic carbocycles. The van der Waals surface area contributed by atoms with Crippen LogP contribution >= 0.6 is 0 Å². The number of ether oxygens (including phenoxy) is 2. The Hall–Kier alpha value is -2.12. The van der Waals surface area contributed by atoms with E-state index in [0.29, 0.717) is 11.7 Å². The number of benzene rings is 1. The summed E-state index contributed by atoms with van der Waals surface area (Å²) in [5.74, 6) is 0.753. The van der Waals surface area contributed by atoms with Crippen LogP contribution in [0, 0.1) is 5.92 Å². The van der Waals surface area contributed by atoms with Gasteiger partial charge in [0.1, 0.15) is 12.4 Å². The molecule has 2 N–H and O–H groups in total. The van der Waals surface area contributed by atoms with Crippen molar-refractivity contribution in [2.75, 3.05) is 32.8 Å². The third kappa shape index (κ3) is 6.23. The minimum absolute atomic E-state index is 0.0102. The van der Waals surface area contributed by atoms with E-state index in [0.717, 1.165) is 44.6 Å². The number of hydrogen-bond acceptors (Lipinski definition) is 5. The Morgan fingerprint density at radius 2 is 1.97 bits per heavy atom. The highest BCUT2D eigenvalue weighted by molar-refractivity contribution is 5.78. The van der Waals surface area contributed by atoms with Crippen molar-refractivity contribution in [3.05, 3.63) is 29.3 Å². The van der Waals surface area contributed by atoms with Gasteiger partial charge in [-0.25, -0.2) is 0 Å². The van der Waals surface area contributed by atoms with Crippen molar-refractivity contribution < 1.29 is 19.1 Å². The molecule has 0 bridgehead atoms. The zero-order valence-electron chi connectivity index (χ0n) is 20.2. The minimum Gasteiger partial charge on any atom is -0.483 e. The van der Waals surface area contributed by atoms with Gasteiger partial charge >= 0.3 is 0 Å². The average Bonchev–Trinajstić information content (AvgIpc) is 2.90. The van der Waals surface area contributed by atoms with Crippen molar-refractivity contribution in [1.29, 1.82) is 0 Å². The van der Waals surface area contributed by atoms with E-state index in [4.69, 9.17) is 15.2 Å². The van der Waals surface area contributed by atoms with E-state index in [1.807, 2.05) is 11.0 Å². The molecule has 2 aliphatic rings. The van der Waals surface area contributed by atoms with E-state index in [-0.39, 0.29) is 36.7 Å². The SMILES string of the molecule is CC(C)CN1C(=O)CO[C@H]2CCN(Cc3cc(C(C)(C)C)ccc3OCC(N)=O)CC[C@@H]21. The highest BCUT2D eigenvalue weighted by Gasteiger charge is 2.38. The van der Waals surface area contributed by atoms with Gasteiger partial charge in [-0.15, -0.1) is 0 Å². The predicted octanol–water partition coefficient (Wildman–Crippen LogP) is 2.70. The van der Waals surface area contributed by atoms with Crippen molar-refractivity contribution in [1.82, 2.24) is 9.80 Å². The Morgan fingerprint density at radius 1 is 1.25 bits per heavy atom. The van der Waals surface area contributed by atoms with Crippen molar-refractivity contribution in [2.24, 2.45) is 11.7 Å². The van der Waals surface area contributed by atoms with Gasteiger partial charge in [0.05, 0.1) is 12.1 Å². The van der Waals surface area contributed by atoms with Gasteiger partial charge in [0, 0.05) is 31.7 Å². The van der Waals surface area contributed by atoms with Gasteiger partial charge in [-0.1, -0.05) is 46.8 Å². The van der Waals surface area contributed by atoms with Crippen LogP contribution < -0.4 is 10.5 Å². The van der Waals surface area contributed by atoms with E-state index < -0.39 is 5.91 Å². The zero-order valence-corrected chi connectivity index (χ0v) is 20.2. The fraction of sp³-hybridized carbons (Fsp3) is 0.680. The Morgan fingerprint density at radius 3 is 2.62 bits per heavy atom. The van der Waals surface area contributed by atoms with Gasteiger partial charge < -0.3 is 20.1 Å². The van der Waals surface area contributed by atoms with Crippen LogP contribution in [0.2, 0.25) is 0 Å². The van der Waals surface area contributed by atoms with Crippen LogP contribution in [-0.4, -0.2) is 66.6 Å². The molecular formula is C25H39N3O4. The second-order valence-corrected chi connectivity index (χ2v) is 10.5. The highest BCUT2D eigenvalue weighted by atomic mass is 16.5. The monoisotopic (exact) mass is 445 g/mol. The first-order chi connectivity index (χ1) is 15.0. The molecule has 1 aromatic carbocycles. The fourth-order valence-electron chi connectivity index (χ4n) is 4.60. The molecule has 0 unspecified atom stereocenters. The molecule has 178 valence electrons. The van der Waals surface area contributed by atoms with E-state index in [9.17, 15) is 9.59 Å². The Balaban J connectivity index is 1.76. The highest BCUT2D eigenvalue weighted by Crippen LogP contribution is 2.31. The third-order valence-corrected chi connectivity index (χ3v) is 6.29. The minimum atomic E-state index is -0.484. The summed E-state index contributed by atoms with van der Waals surface area (Å²) in [6.45, 7) is 14.2. The quantitative estimate of drug-likeness (QED) is 0.698. The largest absolute Gasteiger partial charge is 0.483 e. The van der Waals surface area contributed by atoms with Crippen molar-refractivity contribution in [3.63, 3.8) is 0 Å². The van der Waals surface area contributed by atoms with Crippen LogP contribution in [0.5, 0.6) is 5.75 Å². The number of fused-ring (bicyclic) bond motifs is 1. The van der Waals surface area contributed by atoms with Crippen LogP contribution in [0.3, 0.4) is 0 Å². The molecule has 2 fully saturated rings. The second kappa shape index (κ2) is 10.2. The summed E-state index contributed by atoms with van der Waals surface area (Å²) in [6, 6.07) is 6.32. The Kier molecular flexibility index (Phi) is 7.83. The molecule has 0 radical (unpaired) electrons. The summed E-state index contributed by atoms with van der Waals surface area (Å²) >= 11 is 0. The number of amides is 2. The van der Waals surface area contributed by atoms with Crippen LogP contribution in [0.25, 0.3) is 0 Å². The smallest absolute Gasteiger partial charge is 0.255 e. The van der Waals surface area contributed by atoms with Crippen molar-refractivity contribution in [2.45, 2.75) is 71.6 Å². The van der Waals surface area contributed by atoms with E-state index in [1.54, 1.807) is 0 Å². The lowest BCUT2D eigenvalue weighted by molar-refractivity contribution is -0.158. The van der Waals surface area contributed by atoms with Gasteiger partial charge in [-0.05, 0) is 35.8 Å². The first-order valence-corrected chi connectivity index (χ1v) is 11.7. The van der Waals surface area contributed by atoms with Crippen LogP contribution in [0.15, 0.2) is 18.2 Å². The average molecular weight is 446 g/mol. The lowest BCUT2D eigenvalue weighted by atomic mass is 9.86. The molecule has 2 saturated heterocycles. The number of likely N-dealkylation sites (tertiary alicyclic amines) is 1. The summed E-state index contributed by atoms with van der Waals surface area (Å²) < 4.78 is 11.7. The van der Waals surface area contributed by atoms with E-state index >= 15 is 0 Å². The Bertz CT molecular complexity index is 818. The molecule has 2 amide bonds. The van der Waals surface area contributed by atoms with E-state index in [1.165, 1.54) is 5.56 Å². The van der Waals surface area contributed by atoms with Gasteiger partial charge in [0.2, 0.25) is 5.91 Å². The number of nitrogens with zero attached hydrogens (tertiary/aromatic N) is 2. The number of primary amides is 1. The summed E-state index contributed by atoms with van der Waals surface area (Å²) in [4.78, 5) is 28.2. The summed E-state index contributed by atoms with van der Waals surface area (Å²) in [6.07, 6.45) is 1.87. The molecular weight excluding hydrogens is 406 g/mol. The van der Waals surface area contributed by atoms with Crippen LogP contribution in [0.1, 0.15) is 58.6 Å². The van der Waals surface area contributed by atoms with Crippen molar-refractivity contribution >= 4 is 11.8 Å². The molecule has 7 heteroatoms. The summed E-state index contributed by atoms with van der Waals surface area (Å²) in [5, 5.41) is 0. The fourth-order valence-corrected chi connectivity index (χ4v) is 4.60. The van der Waals surface area contributed by atoms with Gasteiger partial charge in [0.15, 0.2) is 6.61 Å². The molecule has 3 rings (SSSR count). The van der Waals surface area contributed by atoms with Gasteiger partial charge in [-0.2, -0.15) is 0 Å². The zero-order chi connectivity index (χ0) is 23.5. The van der Waals surface area contributed by atoms with Crippen LogP contribution in [-0.2, 0) is 26.3 Å². The third-order valence-electron chi connectivity index (χ3n) is 6.29. The molecule has 7 nitrogen and oxygen atoms in total. The first kappa shape index (κ1) is 24.5. The number of hydrogen-bond donors (Lipinski definition) is 1. The molecule has 0 aromatic heterocycles. The maximum Gasteiger partial charge on any atom is 0.255 e. The normalized spacial score (nSPS) is 22.6. The molecule has 32 heavy (non-hydrogen) atoms. The maximum atomic E-state index is 12.5. The molecule has 2 aliphatic heterocycles. The van der Waals surface area contributed by atoms with Crippen molar-refractivity contribution in [3.8, 4) is 5.75 Å². The first-order valence-electron chi connectivity index (χ1n) is 11.7. The molecule has 0 spiro atoms. The van der Waals surface area contributed by atoms with E-state index in [2.05, 4.69) is 51.7 Å². The Labute approximate surface area is 192 Å². The number of carbonyl (C=O) groups excluding carboxylic acids is 2. The second-order valence-electron chi connectivity index (χ2n) is 10.5. The number of nitrogens with two attached hydrogens (primary N) is 1. The standard InChI is InChI=1S/C25H39N3O4/c1-17(2)13-28-20-8-10-27(11-9-22(20)32-16-24(28)30)14-18-12-19(25(3,4)5)6-7-21(18)31-15-23(26)29/h6-7,12,17,20,22H,8-11,13-16H2,1-5H3,(H2,26,29)/t20-,22-/m0/s1. The molecule has 1 aromatic rings. The maximum absolute atomic E-state index is 12.5. The summed E-state index contributed by atoms with van der Waals surface area (Å²) in [7, 11) is 0. The number of morpholine rings is 1. The molecule has 0 saturated carbocycles. The number of rotatable bonds is 7. The predicted molar refractivity (Wildman–Crippen MR) is 124 cm³/mol. The summed E-state index contributed by atoms with van der Waals surface area (Å²) in [5.41, 5.74) is 7.59. The molecule has 2 atom stereocenters. The van der Waals surface area contributed by atoms with Gasteiger partial charge in [0.25, 0.3) is 5.91 Å². The lowest BCUT2D eigenvalue weighted by Crippen LogP contribution is -2.55. The lowest BCUT2D eigenvalue weighted by Gasteiger charge is -2.41. The number of carbonyl (C=O) groups is 2. The topological polar surface area (TPSA) is 85.1 Å². The van der Waals surface area contributed by atoms with Gasteiger partial charge in [-0.3, -0.25) is 14.5 Å². The van der Waals surface area contributed by atoms with Crippen LogP contribution in [0.4, 0.5) is 0 Å².